The Morgan fingerprint density at radius 3 is 2.77 bits per heavy atom. The van der Waals surface area contributed by atoms with Gasteiger partial charge in [-0.3, -0.25) is 4.79 Å². The lowest BCUT2D eigenvalue weighted by Gasteiger charge is -2.56. The van der Waals surface area contributed by atoms with E-state index in [0.29, 0.717) is 17.3 Å². The van der Waals surface area contributed by atoms with Gasteiger partial charge in [0.15, 0.2) is 0 Å². The van der Waals surface area contributed by atoms with Crippen LogP contribution in [-0.2, 0) is 4.79 Å². The molecule has 0 unspecified atom stereocenters. The molecule has 0 radical (unpaired) electrons. The molecule has 6 atom stereocenters. The largest absolute Gasteiger partial charge is 0.481 e. The van der Waals surface area contributed by atoms with Crippen LogP contribution in [-0.4, -0.2) is 11.1 Å². The van der Waals surface area contributed by atoms with Gasteiger partial charge in [0.2, 0.25) is 0 Å². The summed E-state index contributed by atoms with van der Waals surface area (Å²) in [5, 5.41) is 9.63. The van der Waals surface area contributed by atoms with Crippen LogP contribution < -0.4 is 0 Å². The van der Waals surface area contributed by atoms with Crippen LogP contribution in [0.25, 0.3) is 0 Å². The average Bonchev–Trinajstić information content (AvgIpc) is 2.84. The van der Waals surface area contributed by atoms with Gasteiger partial charge >= 0.3 is 5.97 Å². The normalized spacial score (nSPS) is 49.8. The predicted octanol–water partition coefficient (Wildman–Crippen LogP) is 4.82. The van der Waals surface area contributed by atoms with Gasteiger partial charge < -0.3 is 5.11 Å². The lowest BCUT2D eigenvalue weighted by atomic mass is 9.48. The Hall–Kier alpha value is -1.05. The molecule has 0 saturated heterocycles. The molecule has 4 rings (SSSR count). The van der Waals surface area contributed by atoms with Crippen molar-refractivity contribution in [2.24, 2.45) is 34.5 Å². The molecule has 4 aliphatic carbocycles. The molecular formula is C20H28O2. The predicted molar refractivity (Wildman–Crippen MR) is 87.4 cm³/mol. The first-order chi connectivity index (χ1) is 10.5. The van der Waals surface area contributed by atoms with Crippen LogP contribution in [0.3, 0.4) is 0 Å². The van der Waals surface area contributed by atoms with Crippen LogP contribution in [0.2, 0.25) is 0 Å². The average molecular weight is 300 g/mol. The van der Waals surface area contributed by atoms with Crippen molar-refractivity contribution in [3.05, 3.63) is 23.8 Å². The lowest BCUT2D eigenvalue weighted by molar-refractivity contribution is -0.148. The van der Waals surface area contributed by atoms with Crippen molar-refractivity contribution in [2.75, 3.05) is 0 Å². The zero-order valence-electron chi connectivity index (χ0n) is 13.8. The quantitative estimate of drug-likeness (QED) is 0.754. The summed E-state index contributed by atoms with van der Waals surface area (Å²) in [6.45, 7) is 4.76. The minimum atomic E-state index is -0.553. The number of fused-ring (bicyclic) bond motifs is 5. The molecular weight excluding hydrogens is 272 g/mol. The Morgan fingerprint density at radius 1 is 1.18 bits per heavy atom. The molecule has 22 heavy (non-hydrogen) atoms. The number of carboxylic acids is 1. The third-order valence-corrected chi connectivity index (χ3v) is 7.95. The molecule has 2 fully saturated rings. The maximum Gasteiger partial charge on any atom is 0.307 e. The number of aliphatic carboxylic acids is 1. The van der Waals surface area contributed by atoms with E-state index in [4.69, 9.17) is 0 Å². The Balaban J connectivity index is 1.70. The van der Waals surface area contributed by atoms with Gasteiger partial charge in [0, 0.05) is 0 Å². The third-order valence-electron chi connectivity index (χ3n) is 7.95. The first-order valence-electron chi connectivity index (χ1n) is 9.07. The van der Waals surface area contributed by atoms with E-state index in [1.165, 1.54) is 25.7 Å². The fourth-order valence-electron chi connectivity index (χ4n) is 6.70. The number of rotatable bonds is 1. The molecule has 0 bridgehead atoms. The van der Waals surface area contributed by atoms with E-state index in [2.05, 4.69) is 32.1 Å². The molecule has 0 heterocycles. The highest BCUT2D eigenvalue weighted by atomic mass is 16.4. The molecule has 0 aromatic rings. The standard InChI is InChI=1S/C20H28O2/c1-19-11-4-3-5-13(19)6-7-14-15-8-9-17(18(21)22)20(15,2)12-10-16(14)19/h3,5-6,14-17H,4,7-12H2,1-2H3,(H,21,22)/t14-,15-,16-,17+,19-,20-/m0/s1. The van der Waals surface area contributed by atoms with E-state index in [9.17, 15) is 9.90 Å². The Kier molecular flexibility index (Phi) is 3.12. The van der Waals surface area contributed by atoms with Crippen molar-refractivity contribution < 1.29 is 9.90 Å². The molecule has 0 amide bonds. The SMILES string of the molecule is C[C@]12CC[C@H]3[C@@H](CC=C4C=CCC[C@@]43C)[C@@H]1CC[C@@H]2C(=O)O. The summed E-state index contributed by atoms with van der Waals surface area (Å²) in [4.78, 5) is 11.7. The number of hydrogen-bond donors (Lipinski definition) is 1. The Labute approximate surface area is 133 Å². The van der Waals surface area contributed by atoms with Gasteiger partial charge in [-0.15, -0.1) is 0 Å². The van der Waals surface area contributed by atoms with E-state index < -0.39 is 5.97 Å². The van der Waals surface area contributed by atoms with E-state index in [-0.39, 0.29) is 11.3 Å². The van der Waals surface area contributed by atoms with Crippen LogP contribution in [0.4, 0.5) is 0 Å². The summed E-state index contributed by atoms with van der Waals surface area (Å²) in [5.74, 6) is 1.43. The van der Waals surface area contributed by atoms with E-state index in [1.807, 2.05) is 0 Å². The topological polar surface area (TPSA) is 37.3 Å². The van der Waals surface area contributed by atoms with Gasteiger partial charge in [0.05, 0.1) is 5.92 Å². The fraction of sp³-hybridized carbons (Fsp3) is 0.750. The highest BCUT2D eigenvalue weighted by molar-refractivity contribution is 5.71. The first kappa shape index (κ1) is 14.5. The minimum absolute atomic E-state index is 0.0409. The maximum atomic E-state index is 11.7. The van der Waals surface area contributed by atoms with E-state index in [0.717, 1.165) is 25.2 Å². The summed E-state index contributed by atoms with van der Waals surface area (Å²) < 4.78 is 0. The summed E-state index contributed by atoms with van der Waals surface area (Å²) >= 11 is 0. The first-order valence-corrected chi connectivity index (χ1v) is 9.07. The molecule has 2 saturated carbocycles. The molecule has 0 aromatic carbocycles. The zero-order chi connectivity index (χ0) is 15.5. The van der Waals surface area contributed by atoms with E-state index >= 15 is 0 Å². The Bertz CT molecular complexity index is 560. The van der Waals surface area contributed by atoms with Gasteiger partial charge in [-0.1, -0.05) is 32.1 Å². The molecule has 0 spiro atoms. The van der Waals surface area contributed by atoms with Gasteiger partial charge in [0.1, 0.15) is 0 Å². The van der Waals surface area contributed by atoms with Crippen molar-refractivity contribution in [2.45, 2.75) is 58.8 Å². The Morgan fingerprint density at radius 2 is 2.00 bits per heavy atom. The maximum absolute atomic E-state index is 11.7. The van der Waals surface area contributed by atoms with Gasteiger partial charge in [-0.2, -0.15) is 0 Å². The van der Waals surface area contributed by atoms with Crippen LogP contribution in [0, 0.1) is 34.5 Å². The second kappa shape index (κ2) is 4.72. The third kappa shape index (κ3) is 1.76. The molecule has 0 aromatic heterocycles. The monoisotopic (exact) mass is 300 g/mol. The molecule has 0 aliphatic heterocycles. The van der Waals surface area contributed by atoms with E-state index in [1.54, 1.807) is 5.57 Å². The van der Waals surface area contributed by atoms with Crippen molar-refractivity contribution in [1.82, 2.24) is 0 Å². The molecule has 1 N–H and O–H groups in total. The van der Waals surface area contributed by atoms with Crippen LogP contribution in [0.1, 0.15) is 58.8 Å². The number of carboxylic acid groups (broad SMARTS) is 1. The van der Waals surface area contributed by atoms with Crippen molar-refractivity contribution >= 4 is 5.97 Å². The fourth-order valence-corrected chi connectivity index (χ4v) is 6.70. The zero-order valence-corrected chi connectivity index (χ0v) is 13.8. The minimum Gasteiger partial charge on any atom is -0.481 e. The van der Waals surface area contributed by atoms with Crippen LogP contribution >= 0.6 is 0 Å². The number of hydrogen-bond acceptors (Lipinski definition) is 1. The smallest absolute Gasteiger partial charge is 0.307 e. The highest BCUT2D eigenvalue weighted by Gasteiger charge is 2.59. The summed E-state index contributed by atoms with van der Waals surface area (Å²) in [5.41, 5.74) is 1.95. The van der Waals surface area contributed by atoms with Gasteiger partial charge in [-0.05, 0) is 79.1 Å². The molecule has 2 heteroatoms. The second-order valence-electron chi connectivity index (χ2n) is 8.64. The van der Waals surface area contributed by atoms with Crippen molar-refractivity contribution in [3.63, 3.8) is 0 Å². The highest BCUT2D eigenvalue weighted by Crippen LogP contribution is 2.65. The van der Waals surface area contributed by atoms with Gasteiger partial charge in [-0.25, -0.2) is 0 Å². The summed E-state index contributed by atoms with van der Waals surface area (Å²) in [6, 6.07) is 0. The molecule has 120 valence electrons. The molecule has 4 aliphatic rings. The van der Waals surface area contributed by atoms with Crippen LogP contribution in [0.15, 0.2) is 23.8 Å². The van der Waals surface area contributed by atoms with Crippen molar-refractivity contribution in [3.8, 4) is 0 Å². The summed E-state index contributed by atoms with van der Waals surface area (Å²) in [6.07, 6.45) is 15.2. The second-order valence-corrected chi connectivity index (χ2v) is 8.64. The number of allylic oxidation sites excluding steroid dienone is 4. The number of carbonyl (C=O) groups is 1. The van der Waals surface area contributed by atoms with Crippen molar-refractivity contribution in [1.29, 1.82) is 0 Å². The van der Waals surface area contributed by atoms with Crippen LogP contribution in [0.5, 0.6) is 0 Å². The molecule has 2 nitrogen and oxygen atoms in total. The summed E-state index contributed by atoms with van der Waals surface area (Å²) in [7, 11) is 0. The lowest BCUT2D eigenvalue weighted by Crippen LogP contribution is -2.49. The van der Waals surface area contributed by atoms with Gasteiger partial charge in [0.25, 0.3) is 0 Å².